The van der Waals surface area contributed by atoms with Crippen LogP contribution in [0.4, 0.5) is 0 Å². The molecule has 1 aromatic carbocycles. The maximum Gasteiger partial charge on any atom is 0.265 e. The minimum Gasteiger partial charge on any atom is -0.492 e. The Morgan fingerprint density at radius 2 is 2.29 bits per heavy atom. The van der Waals surface area contributed by atoms with Crippen molar-refractivity contribution in [3.05, 3.63) is 27.3 Å². The lowest BCUT2D eigenvalue weighted by molar-refractivity contribution is -0.927. The number of nitro groups is 1. The number of benzene rings is 1. The number of likely N-dealkylation sites (N-methyl/N-ethyl adjacent to an activating group) is 1. The second-order valence-electron chi connectivity index (χ2n) is 5.57. The molecule has 0 saturated heterocycles. The molecule has 0 bridgehead atoms. The molecule has 1 aromatic rings. The molecule has 21 heavy (non-hydrogen) atoms. The Labute approximate surface area is 122 Å². The first kappa shape index (κ1) is 13.9. The van der Waals surface area contributed by atoms with Crippen molar-refractivity contribution in [1.82, 2.24) is 0 Å². The van der Waals surface area contributed by atoms with E-state index < -0.39 is 6.04 Å². The zero-order chi connectivity index (χ0) is 15.1. The predicted octanol–water partition coefficient (Wildman–Crippen LogP) is 0.201. The number of fused-ring (bicyclic) bond motifs is 2. The third-order valence-electron chi connectivity index (χ3n) is 4.39. The van der Waals surface area contributed by atoms with Crippen LogP contribution < -0.4 is 19.1 Å². The van der Waals surface area contributed by atoms with E-state index in [-0.39, 0.29) is 17.8 Å². The van der Waals surface area contributed by atoms with E-state index in [1.807, 2.05) is 13.1 Å². The van der Waals surface area contributed by atoms with Crippen LogP contribution in [0.1, 0.15) is 24.1 Å². The molecule has 3 atom stereocenters. The Morgan fingerprint density at radius 3 is 2.95 bits per heavy atom. The Hall–Kier alpha value is -2.02. The number of nitrogens with one attached hydrogen (secondary N) is 1. The highest BCUT2D eigenvalue weighted by molar-refractivity contribution is 5.61. The molecule has 7 heteroatoms. The fourth-order valence-electron chi connectivity index (χ4n) is 3.34. The smallest absolute Gasteiger partial charge is 0.265 e. The molecular formula is C14H19N2O5+. The molecule has 2 heterocycles. The van der Waals surface area contributed by atoms with Gasteiger partial charge >= 0.3 is 0 Å². The van der Waals surface area contributed by atoms with E-state index in [0.29, 0.717) is 17.2 Å². The molecule has 0 spiro atoms. The molecule has 0 saturated carbocycles. The van der Waals surface area contributed by atoms with E-state index in [1.165, 1.54) is 0 Å². The van der Waals surface area contributed by atoms with Crippen molar-refractivity contribution in [1.29, 1.82) is 0 Å². The summed E-state index contributed by atoms with van der Waals surface area (Å²) in [6.45, 7) is 2.65. The molecule has 0 amide bonds. The SMILES string of the molecule is COc1c2c(cc3c1[C@H]([C@@H](C)[N+](=O)[O-])[NH+](C)CC3)OCO2. The average Bonchev–Trinajstić information content (AvgIpc) is 2.92. The maximum atomic E-state index is 11.3. The van der Waals surface area contributed by atoms with Gasteiger partial charge in [0.25, 0.3) is 6.04 Å². The van der Waals surface area contributed by atoms with Gasteiger partial charge in [-0.25, -0.2) is 0 Å². The van der Waals surface area contributed by atoms with Crippen molar-refractivity contribution in [3.8, 4) is 17.2 Å². The quantitative estimate of drug-likeness (QED) is 0.637. The van der Waals surface area contributed by atoms with Crippen molar-refractivity contribution in [2.75, 3.05) is 27.5 Å². The highest BCUT2D eigenvalue weighted by atomic mass is 16.7. The van der Waals surface area contributed by atoms with E-state index in [0.717, 1.165) is 29.0 Å². The van der Waals surface area contributed by atoms with Gasteiger partial charge in [-0.05, 0) is 11.6 Å². The lowest BCUT2D eigenvalue weighted by Gasteiger charge is -2.33. The Balaban J connectivity index is 2.18. The van der Waals surface area contributed by atoms with Gasteiger partial charge in [0.15, 0.2) is 17.5 Å². The highest BCUT2D eigenvalue weighted by Gasteiger charge is 2.43. The van der Waals surface area contributed by atoms with Crippen LogP contribution in [-0.2, 0) is 6.42 Å². The molecule has 0 aromatic heterocycles. The van der Waals surface area contributed by atoms with E-state index in [9.17, 15) is 10.1 Å². The monoisotopic (exact) mass is 295 g/mol. The molecule has 7 nitrogen and oxygen atoms in total. The van der Waals surface area contributed by atoms with Crippen molar-refractivity contribution in [2.24, 2.45) is 0 Å². The van der Waals surface area contributed by atoms with Crippen molar-refractivity contribution in [2.45, 2.75) is 25.4 Å². The molecule has 2 aliphatic heterocycles. The summed E-state index contributed by atoms with van der Waals surface area (Å²) in [4.78, 5) is 12.2. The van der Waals surface area contributed by atoms with Crippen LogP contribution in [0.3, 0.4) is 0 Å². The normalized spacial score (nSPS) is 24.3. The van der Waals surface area contributed by atoms with Gasteiger partial charge in [0.05, 0.1) is 26.3 Å². The molecule has 1 N–H and O–H groups in total. The first-order chi connectivity index (χ1) is 10.0. The first-order valence-electron chi connectivity index (χ1n) is 6.99. The van der Waals surface area contributed by atoms with Gasteiger partial charge in [0.2, 0.25) is 12.5 Å². The summed E-state index contributed by atoms with van der Waals surface area (Å²) >= 11 is 0. The minimum atomic E-state index is -0.696. The van der Waals surface area contributed by atoms with Crippen LogP contribution in [0.2, 0.25) is 0 Å². The summed E-state index contributed by atoms with van der Waals surface area (Å²) in [5, 5.41) is 11.3. The van der Waals surface area contributed by atoms with Crippen molar-refractivity contribution < 1.29 is 24.0 Å². The third kappa shape index (κ3) is 2.08. The molecule has 3 rings (SSSR count). The fourth-order valence-corrected chi connectivity index (χ4v) is 3.34. The lowest BCUT2D eigenvalue weighted by atomic mass is 9.88. The lowest BCUT2D eigenvalue weighted by Crippen LogP contribution is -3.11. The predicted molar refractivity (Wildman–Crippen MR) is 73.8 cm³/mol. The van der Waals surface area contributed by atoms with Crippen molar-refractivity contribution in [3.63, 3.8) is 0 Å². The van der Waals surface area contributed by atoms with Crippen LogP contribution in [0, 0.1) is 10.1 Å². The van der Waals surface area contributed by atoms with Gasteiger partial charge < -0.3 is 19.1 Å². The summed E-state index contributed by atoms with van der Waals surface area (Å²) < 4.78 is 16.4. The topological polar surface area (TPSA) is 75.3 Å². The highest BCUT2D eigenvalue weighted by Crippen LogP contribution is 2.47. The van der Waals surface area contributed by atoms with Crippen LogP contribution in [0.5, 0.6) is 17.2 Å². The van der Waals surface area contributed by atoms with Gasteiger partial charge in [-0.1, -0.05) is 0 Å². The number of quaternary nitrogens is 1. The largest absolute Gasteiger partial charge is 0.492 e. The van der Waals surface area contributed by atoms with E-state index in [2.05, 4.69) is 0 Å². The van der Waals surface area contributed by atoms with Gasteiger partial charge in [-0.3, -0.25) is 10.1 Å². The average molecular weight is 295 g/mol. The zero-order valence-corrected chi connectivity index (χ0v) is 12.3. The number of hydrogen-bond acceptors (Lipinski definition) is 5. The molecule has 0 radical (unpaired) electrons. The molecular weight excluding hydrogens is 276 g/mol. The molecule has 0 fully saturated rings. The van der Waals surface area contributed by atoms with Crippen molar-refractivity contribution >= 4 is 0 Å². The minimum absolute atomic E-state index is 0.159. The number of nitrogens with zero attached hydrogens (tertiary/aromatic N) is 1. The second-order valence-corrected chi connectivity index (χ2v) is 5.57. The maximum absolute atomic E-state index is 11.3. The van der Waals surface area contributed by atoms with Crippen LogP contribution in [0.25, 0.3) is 0 Å². The molecule has 0 aliphatic carbocycles. The number of methoxy groups -OCH3 is 1. The van der Waals surface area contributed by atoms with Gasteiger partial charge in [-0.15, -0.1) is 0 Å². The van der Waals surface area contributed by atoms with Crippen LogP contribution >= 0.6 is 0 Å². The molecule has 1 unspecified atom stereocenters. The zero-order valence-electron chi connectivity index (χ0n) is 12.3. The standard InChI is InChI=1S/C14H18N2O5/c1-8(16(17)18)12-11-9(4-5-15(12)2)6-10-13(14(11)19-3)21-7-20-10/h6,8,12H,4-5,7H2,1-3H3/p+1/t8-,12+/m1/s1. The Kier molecular flexibility index (Phi) is 3.36. The van der Waals surface area contributed by atoms with E-state index >= 15 is 0 Å². The van der Waals surface area contributed by atoms with Crippen LogP contribution in [0.15, 0.2) is 6.07 Å². The Morgan fingerprint density at radius 1 is 1.52 bits per heavy atom. The number of hydrogen-bond donors (Lipinski definition) is 1. The van der Waals surface area contributed by atoms with Gasteiger partial charge in [0.1, 0.15) is 0 Å². The van der Waals surface area contributed by atoms with E-state index in [1.54, 1.807) is 14.0 Å². The number of rotatable bonds is 3. The number of ether oxygens (including phenoxy) is 3. The fraction of sp³-hybridized carbons (Fsp3) is 0.571. The molecule has 2 aliphatic rings. The second kappa shape index (κ2) is 5.07. The van der Waals surface area contributed by atoms with E-state index in [4.69, 9.17) is 14.2 Å². The van der Waals surface area contributed by atoms with Gasteiger partial charge in [0, 0.05) is 18.3 Å². The Bertz CT molecular complexity index is 589. The summed E-state index contributed by atoms with van der Waals surface area (Å²) in [7, 11) is 3.55. The van der Waals surface area contributed by atoms with Crippen LogP contribution in [-0.4, -0.2) is 38.5 Å². The molecule has 114 valence electrons. The first-order valence-corrected chi connectivity index (χ1v) is 6.99. The summed E-state index contributed by atoms with van der Waals surface area (Å²) in [6, 6.07) is 0.985. The third-order valence-corrected chi connectivity index (χ3v) is 4.39. The van der Waals surface area contributed by atoms with Gasteiger partial charge in [-0.2, -0.15) is 0 Å². The summed E-state index contributed by atoms with van der Waals surface area (Å²) in [5.74, 6) is 1.81. The summed E-state index contributed by atoms with van der Waals surface area (Å²) in [6.07, 6.45) is 0.842. The summed E-state index contributed by atoms with van der Waals surface area (Å²) in [5.41, 5.74) is 1.94.